The van der Waals surface area contributed by atoms with Gasteiger partial charge in [0.15, 0.2) is 18.1 Å². The summed E-state index contributed by atoms with van der Waals surface area (Å²) in [5.74, 6) is -0.174. The van der Waals surface area contributed by atoms with Gasteiger partial charge in [0.25, 0.3) is 0 Å². The molecule has 0 fully saturated rings. The summed E-state index contributed by atoms with van der Waals surface area (Å²) in [6, 6.07) is 8.26. The van der Waals surface area contributed by atoms with E-state index < -0.39 is 12.3 Å². The Morgan fingerprint density at radius 2 is 1.96 bits per heavy atom. The van der Waals surface area contributed by atoms with Crippen LogP contribution in [0.1, 0.15) is 21.7 Å². The topological polar surface area (TPSA) is 71.8 Å². The fourth-order valence-electron chi connectivity index (χ4n) is 2.27. The van der Waals surface area contributed by atoms with E-state index in [0.29, 0.717) is 28.2 Å². The molecule has 1 heterocycles. The van der Waals surface area contributed by atoms with Crippen molar-refractivity contribution in [2.24, 2.45) is 0 Å². The summed E-state index contributed by atoms with van der Waals surface area (Å²) in [5.41, 5.74) is 8.26. The molecule has 6 heteroatoms. The van der Waals surface area contributed by atoms with Gasteiger partial charge >= 0.3 is 0 Å². The van der Waals surface area contributed by atoms with Crippen LogP contribution in [0.5, 0.6) is 0 Å². The molecule has 2 aromatic rings. The van der Waals surface area contributed by atoms with E-state index in [1.807, 2.05) is 0 Å². The zero-order chi connectivity index (χ0) is 17.1. The Kier molecular flexibility index (Phi) is 4.37. The fourth-order valence-corrected chi connectivity index (χ4v) is 2.27. The number of aromatic amines is 1. The number of anilines is 1. The number of allylic oxidation sites excluding steroid dienone is 5. The van der Waals surface area contributed by atoms with Crippen molar-refractivity contribution in [1.82, 2.24) is 10.2 Å². The molecule has 0 aliphatic heterocycles. The molecule has 0 spiro atoms. The number of nitrogens with two attached hydrogens (primary N) is 1. The Bertz CT molecular complexity index is 834. The SMILES string of the molecule is Nc1ccc(C(=O)/C=C/c2cc(C3=CC(F)C(F)C=C3)n[nH]2)cc1. The maximum Gasteiger partial charge on any atom is 0.185 e. The third-order valence-corrected chi connectivity index (χ3v) is 3.61. The highest BCUT2D eigenvalue weighted by molar-refractivity contribution is 6.06. The minimum absolute atomic E-state index is 0.174. The molecular formula is C18H15F2N3O. The molecule has 0 amide bonds. The van der Waals surface area contributed by atoms with E-state index in [1.54, 1.807) is 36.4 Å². The van der Waals surface area contributed by atoms with Crippen molar-refractivity contribution < 1.29 is 13.6 Å². The first-order chi connectivity index (χ1) is 11.5. The number of nitrogens with zero attached hydrogens (tertiary/aromatic N) is 1. The predicted octanol–water partition coefficient (Wildman–Crippen LogP) is 3.52. The van der Waals surface area contributed by atoms with E-state index in [2.05, 4.69) is 10.2 Å². The molecule has 3 rings (SSSR count). The van der Waals surface area contributed by atoms with Crippen LogP contribution in [0.2, 0.25) is 0 Å². The number of aromatic nitrogens is 2. The number of nitrogens with one attached hydrogen (secondary N) is 1. The third kappa shape index (κ3) is 3.48. The van der Waals surface area contributed by atoms with Crippen LogP contribution >= 0.6 is 0 Å². The van der Waals surface area contributed by atoms with E-state index in [1.165, 1.54) is 18.2 Å². The van der Waals surface area contributed by atoms with Crippen LogP contribution in [0.4, 0.5) is 14.5 Å². The molecule has 0 radical (unpaired) electrons. The molecule has 1 aromatic carbocycles. The number of rotatable bonds is 4. The number of carbonyl (C=O) groups is 1. The summed E-state index contributed by atoms with van der Waals surface area (Å²) >= 11 is 0. The van der Waals surface area contributed by atoms with E-state index in [4.69, 9.17) is 5.73 Å². The minimum Gasteiger partial charge on any atom is -0.399 e. The first kappa shape index (κ1) is 15.9. The molecule has 2 unspecified atom stereocenters. The van der Waals surface area contributed by atoms with Crippen molar-refractivity contribution in [3.05, 3.63) is 71.6 Å². The monoisotopic (exact) mass is 327 g/mol. The van der Waals surface area contributed by atoms with E-state index in [0.717, 1.165) is 6.08 Å². The highest BCUT2D eigenvalue weighted by atomic mass is 19.2. The predicted molar refractivity (Wildman–Crippen MR) is 89.7 cm³/mol. The Balaban J connectivity index is 1.72. The molecular weight excluding hydrogens is 312 g/mol. The van der Waals surface area contributed by atoms with Crippen LogP contribution in [0.15, 0.2) is 54.6 Å². The smallest absolute Gasteiger partial charge is 0.185 e. The number of ketones is 1. The summed E-state index contributed by atoms with van der Waals surface area (Å²) in [4.78, 5) is 12.0. The Labute approximate surface area is 137 Å². The Hall–Kier alpha value is -3.02. The van der Waals surface area contributed by atoms with Crippen LogP contribution in [-0.2, 0) is 0 Å². The lowest BCUT2D eigenvalue weighted by Gasteiger charge is -2.11. The normalized spacial score (nSPS) is 20.3. The van der Waals surface area contributed by atoms with E-state index in [9.17, 15) is 13.6 Å². The average molecular weight is 327 g/mol. The molecule has 1 aliphatic rings. The van der Waals surface area contributed by atoms with Crippen LogP contribution < -0.4 is 5.73 Å². The summed E-state index contributed by atoms with van der Waals surface area (Å²) in [7, 11) is 0. The molecule has 2 atom stereocenters. The van der Waals surface area contributed by atoms with Crippen LogP contribution in [0.25, 0.3) is 11.6 Å². The second kappa shape index (κ2) is 6.62. The van der Waals surface area contributed by atoms with Crippen LogP contribution in [0, 0.1) is 0 Å². The molecule has 3 N–H and O–H groups in total. The van der Waals surface area contributed by atoms with Crippen molar-refractivity contribution >= 4 is 23.1 Å². The number of hydrogen-bond donors (Lipinski definition) is 2. The van der Waals surface area contributed by atoms with Crippen molar-refractivity contribution in [3.8, 4) is 0 Å². The van der Waals surface area contributed by atoms with Gasteiger partial charge in [-0.2, -0.15) is 5.10 Å². The molecule has 1 aromatic heterocycles. The van der Waals surface area contributed by atoms with E-state index >= 15 is 0 Å². The van der Waals surface area contributed by atoms with Crippen molar-refractivity contribution in [1.29, 1.82) is 0 Å². The lowest BCUT2D eigenvalue weighted by molar-refractivity contribution is 0.104. The summed E-state index contributed by atoms with van der Waals surface area (Å²) in [6.07, 6.45) is 3.53. The van der Waals surface area contributed by atoms with Gasteiger partial charge in [0.1, 0.15) is 0 Å². The van der Waals surface area contributed by atoms with Crippen molar-refractivity contribution in [3.63, 3.8) is 0 Å². The molecule has 24 heavy (non-hydrogen) atoms. The third-order valence-electron chi connectivity index (χ3n) is 3.61. The number of H-pyrrole nitrogens is 1. The zero-order valence-electron chi connectivity index (χ0n) is 12.6. The quantitative estimate of drug-likeness (QED) is 0.513. The Morgan fingerprint density at radius 3 is 2.67 bits per heavy atom. The molecule has 122 valence electrons. The van der Waals surface area contributed by atoms with Gasteiger partial charge in [-0.05, 0) is 54.6 Å². The maximum atomic E-state index is 13.4. The van der Waals surface area contributed by atoms with E-state index in [-0.39, 0.29) is 5.78 Å². The van der Waals surface area contributed by atoms with Crippen molar-refractivity contribution in [2.75, 3.05) is 5.73 Å². The zero-order valence-corrected chi connectivity index (χ0v) is 12.6. The molecule has 0 bridgehead atoms. The van der Waals surface area contributed by atoms with Gasteiger partial charge in [-0.1, -0.05) is 6.08 Å². The first-order valence-electron chi connectivity index (χ1n) is 7.35. The fraction of sp³-hybridized carbons (Fsp3) is 0.111. The van der Waals surface area contributed by atoms with Gasteiger partial charge in [0.05, 0.1) is 11.4 Å². The number of carbonyl (C=O) groups excluding carboxylic acids is 1. The molecule has 4 nitrogen and oxygen atoms in total. The number of alkyl halides is 2. The van der Waals surface area contributed by atoms with Gasteiger partial charge in [0, 0.05) is 16.8 Å². The highest BCUT2D eigenvalue weighted by Gasteiger charge is 2.20. The molecule has 0 saturated heterocycles. The summed E-state index contributed by atoms with van der Waals surface area (Å²) in [5, 5.41) is 6.79. The summed E-state index contributed by atoms with van der Waals surface area (Å²) < 4.78 is 26.5. The van der Waals surface area contributed by atoms with Crippen LogP contribution in [0.3, 0.4) is 0 Å². The number of benzene rings is 1. The van der Waals surface area contributed by atoms with Gasteiger partial charge < -0.3 is 5.73 Å². The Morgan fingerprint density at radius 1 is 1.21 bits per heavy atom. The second-order valence-electron chi connectivity index (χ2n) is 5.40. The molecule has 1 aliphatic carbocycles. The molecule has 0 saturated carbocycles. The number of hydrogen-bond acceptors (Lipinski definition) is 3. The average Bonchev–Trinajstić information content (AvgIpc) is 3.05. The second-order valence-corrected chi connectivity index (χ2v) is 5.40. The van der Waals surface area contributed by atoms with Gasteiger partial charge in [0.2, 0.25) is 0 Å². The maximum absolute atomic E-state index is 13.4. The largest absolute Gasteiger partial charge is 0.399 e. The highest BCUT2D eigenvalue weighted by Crippen LogP contribution is 2.24. The van der Waals surface area contributed by atoms with Gasteiger partial charge in [-0.25, -0.2) is 8.78 Å². The lowest BCUT2D eigenvalue weighted by atomic mass is 10.0. The lowest BCUT2D eigenvalue weighted by Crippen LogP contribution is -2.15. The minimum atomic E-state index is -1.67. The number of nitrogen functional groups attached to an aromatic ring is 1. The first-order valence-corrected chi connectivity index (χ1v) is 7.35. The van der Waals surface area contributed by atoms with Gasteiger partial charge in [-0.15, -0.1) is 0 Å². The van der Waals surface area contributed by atoms with Gasteiger partial charge in [-0.3, -0.25) is 9.89 Å². The standard InChI is InChI=1S/C18H15F2N3O/c19-15-7-3-12(9-16(15)20)17-10-14(22-23-17)6-8-18(24)11-1-4-13(21)5-2-11/h1-10,15-16H,21H2,(H,22,23)/b8-6+. The van der Waals surface area contributed by atoms with Crippen molar-refractivity contribution in [2.45, 2.75) is 12.3 Å². The van der Waals surface area contributed by atoms with Crippen LogP contribution in [-0.4, -0.2) is 28.3 Å². The summed E-state index contributed by atoms with van der Waals surface area (Å²) in [6.45, 7) is 0. The number of halogens is 2.